The highest BCUT2D eigenvalue weighted by Crippen LogP contribution is 2.21. The molecule has 3 rings (SSSR count). The molecular formula is C11H9N5. The monoisotopic (exact) mass is 211 g/mol. The van der Waals surface area contributed by atoms with Gasteiger partial charge in [0.2, 0.25) is 0 Å². The molecule has 0 amide bonds. The molecule has 78 valence electrons. The van der Waals surface area contributed by atoms with E-state index >= 15 is 0 Å². The summed E-state index contributed by atoms with van der Waals surface area (Å²) >= 11 is 0. The maximum absolute atomic E-state index is 5.74. The Morgan fingerprint density at radius 1 is 1.12 bits per heavy atom. The van der Waals surface area contributed by atoms with Crippen molar-refractivity contribution in [3.63, 3.8) is 0 Å². The maximum atomic E-state index is 5.74. The highest BCUT2D eigenvalue weighted by molar-refractivity contribution is 5.90. The minimum absolute atomic E-state index is 0.739. The van der Waals surface area contributed by atoms with E-state index in [1.54, 1.807) is 23.3 Å². The summed E-state index contributed by atoms with van der Waals surface area (Å²) in [7, 11) is 0. The third-order valence-electron chi connectivity index (χ3n) is 2.41. The smallest absolute Gasteiger partial charge is 0.162 e. The fourth-order valence-electron chi connectivity index (χ4n) is 1.68. The van der Waals surface area contributed by atoms with Crippen LogP contribution in [0.5, 0.6) is 0 Å². The SMILES string of the molecule is Nc1ccc2c(-n3ccnn3)nccc2c1. The van der Waals surface area contributed by atoms with Gasteiger partial charge in [0.05, 0.1) is 12.4 Å². The van der Waals surface area contributed by atoms with E-state index < -0.39 is 0 Å². The van der Waals surface area contributed by atoms with Crippen LogP contribution in [0.2, 0.25) is 0 Å². The second-order valence-electron chi connectivity index (χ2n) is 3.46. The summed E-state index contributed by atoms with van der Waals surface area (Å²) in [4.78, 5) is 4.30. The van der Waals surface area contributed by atoms with Gasteiger partial charge >= 0.3 is 0 Å². The summed E-state index contributed by atoms with van der Waals surface area (Å²) in [6.45, 7) is 0. The fraction of sp³-hybridized carbons (Fsp3) is 0. The van der Waals surface area contributed by atoms with Crippen LogP contribution in [0.1, 0.15) is 0 Å². The molecule has 3 aromatic rings. The lowest BCUT2D eigenvalue weighted by atomic mass is 10.1. The molecule has 16 heavy (non-hydrogen) atoms. The number of fused-ring (bicyclic) bond motifs is 1. The first-order chi connectivity index (χ1) is 7.84. The van der Waals surface area contributed by atoms with Gasteiger partial charge in [0.1, 0.15) is 0 Å². The Kier molecular flexibility index (Phi) is 1.83. The van der Waals surface area contributed by atoms with Gasteiger partial charge in [-0.2, -0.15) is 0 Å². The standard InChI is InChI=1S/C11H9N5/c12-9-1-2-10-8(7-9)3-4-13-11(10)16-6-5-14-15-16/h1-7H,12H2. The van der Waals surface area contributed by atoms with Crippen LogP contribution in [-0.2, 0) is 0 Å². The van der Waals surface area contributed by atoms with E-state index in [2.05, 4.69) is 15.3 Å². The van der Waals surface area contributed by atoms with E-state index in [9.17, 15) is 0 Å². The number of rotatable bonds is 1. The number of hydrogen-bond acceptors (Lipinski definition) is 4. The Hall–Kier alpha value is -2.43. The van der Waals surface area contributed by atoms with Gasteiger partial charge in [0.15, 0.2) is 5.82 Å². The predicted octanol–water partition coefficient (Wildman–Crippen LogP) is 1.40. The van der Waals surface area contributed by atoms with Crippen molar-refractivity contribution in [3.05, 3.63) is 42.9 Å². The minimum atomic E-state index is 0.739. The second kappa shape index (κ2) is 3.30. The molecule has 1 aromatic carbocycles. The van der Waals surface area contributed by atoms with Crippen molar-refractivity contribution in [2.24, 2.45) is 0 Å². The van der Waals surface area contributed by atoms with E-state index in [0.29, 0.717) is 0 Å². The van der Waals surface area contributed by atoms with E-state index in [-0.39, 0.29) is 0 Å². The van der Waals surface area contributed by atoms with Crippen molar-refractivity contribution in [1.29, 1.82) is 0 Å². The molecule has 5 heteroatoms. The lowest BCUT2D eigenvalue weighted by Crippen LogP contribution is -1.99. The summed E-state index contributed by atoms with van der Waals surface area (Å²) in [6, 6.07) is 7.63. The van der Waals surface area contributed by atoms with E-state index in [1.807, 2.05) is 24.3 Å². The van der Waals surface area contributed by atoms with Crippen LogP contribution in [0.4, 0.5) is 5.69 Å². The molecule has 0 radical (unpaired) electrons. The first kappa shape index (κ1) is 8.84. The Bertz CT molecular complexity index is 630. The highest BCUT2D eigenvalue weighted by Gasteiger charge is 2.04. The Morgan fingerprint density at radius 2 is 2.06 bits per heavy atom. The van der Waals surface area contributed by atoms with Gasteiger partial charge in [0.25, 0.3) is 0 Å². The molecular weight excluding hydrogens is 202 g/mol. The average molecular weight is 211 g/mol. The molecule has 5 nitrogen and oxygen atoms in total. The number of aromatic nitrogens is 4. The van der Waals surface area contributed by atoms with Gasteiger partial charge in [-0.1, -0.05) is 5.21 Å². The molecule has 0 saturated heterocycles. The van der Waals surface area contributed by atoms with Crippen LogP contribution in [0.25, 0.3) is 16.6 Å². The third-order valence-corrected chi connectivity index (χ3v) is 2.41. The average Bonchev–Trinajstić information content (AvgIpc) is 2.81. The lowest BCUT2D eigenvalue weighted by molar-refractivity contribution is 0.787. The summed E-state index contributed by atoms with van der Waals surface area (Å²) in [6.07, 6.45) is 5.12. The molecule has 0 aliphatic rings. The van der Waals surface area contributed by atoms with Crippen molar-refractivity contribution in [2.75, 3.05) is 5.73 Å². The van der Waals surface area contributed by atoms with Gasteiger partial charge in [-0.25, -0.2) is 9.67 Å². The molecule has 0 saturated carbocycles. The summed E-state index contributed by atoms with van der Waals surface area (Å²) in [5.41, 5.74) is 6.48. The topological polar surface area (TPSA) is 69.6 Å². The van der Waals surface area contributed by atoms with Gasteiger partial charge in [-0.15, -0.1) is 5.10 Å². The zero-order chi connectivity index (χ0) is 11.0. The van der Waals surface area contributed by atoms with Crippen LogP contribution < -0.4 is 5.73 Å². The lowest BCUT2D eigenvalue weighted by Gasteiger charge is -2.04. The van der Waals surface area contributed by atoms with Gasteiger partial charge < -0.3 is 5.73 Å². The van der Waals surface area contributed by atoms with E-state index in [1.165, 1.54) is 0 Å². The number of anilines is 1. The number of nitrogen functional groups attached to an aromatic ring is 1. The van der Waals surface area contributed by atoms with Gasteiger partial charge in [-0.05, 0) is 29.7 Å². The van der Waals surface area contributed by atoms with Gasteiger partial charge in [-0.3, -0.25) is 0 Å². The number of pyridine rings is 1. The summed E-state index contributed by atoms with van der Waals surface area (Å²) in [5.74, 6) is 0.759. The van der Waals surface area contributed by atoms with E-state index in [0.717, 1.165) is 22.3 Å². The molecule has 2 heterocycles. The van der Waals surface area contributed by atoms with Gasteiger partial charge in [0, 0.05) is 17.3 Å². The number of nitrogens with zero attached hydrogens (tertiary/aromatic N) is 4. The zero-order valence-corrected chi connectivity index (χ0v) is 8.41. The predicted molar refractivity (Wildman–Crippen MR) is 61.1 cm³/mol. The number of hydrogen-bond donors (Lipinski definition) is 1. The van der Waals surface area contributed by atoms with Crippen molar-refractivity contribution in [1.82, 2.24) is 20.0 Å². The Labute approximate surface area is 91.5 Å². The Balaban J connectivity index is 2.34. The molecule has 2 N–H and O–H groups in total. The van der Waals surface area contributed by atoms with Crippen LogP contribution in [0.15, 0.2) is 42.9 Å². The third kappa shape index (κ3) is 1.30. The molecule has 0 aliphatic carbocycles. The fourth-order valence-corrected chi connectivity index (χ4v) is 1.68. The van der Waals surface area contributed by atoms with E-state index in [4.69, 9.17) is 5.73 Å². The molecule has 0 atom stereocenters. The minimum Gasteiger partial charge on any atom is -0.399 e. The summed E-state index contributed by atoms with van der Waals surface area (Å²) < 4.78 is 1.64. The zero-order valence-electron chi connectivity index (χ0n) is 8.41. The van der Waals surface area contributed by atoms with Crippen molar-refractivity contribution < 1.29 is 0 Å². The number of benzene rings is 1. The molecule has 0 spiro atoms. The molecule has 0 unspecified atom stereocenters. The quantitative estimate of drug-likeness (QED) is 0.617. The Morgan fingerprint density at radius 3 is 2.88 bits per heavy atom. The van der Waals surface area contributed by atoms with Crippen LogP contribution in [0, 0.1) is 0 Å². The molecule has 2 aromatic heterocycles. The summed E-state index contributed by atoms with van der Waals surface area (Å²) in [5, 5.41) is 9.75. The normalized spacial score (nSPS) is 10.8. The first-order valence-corrected chi connectivity index (χ1v) is 4.85. The van der Waals surface area contributed by atoms with Crippen molar-refractivity contribution in [2.45, 2.75) is 0 Å². The first-order valence-electron chi connectivity index (χ1n) is 4.85. The van der Waals surface area contributed by atoms with Crippen molar-refractivity contribution >= 4 is 16.5 Å². The van der Waals surface area contributed by atoms with Crippen LogP contribution >= 0.6 is 0 Å². The molecule has 0 bridgehead atoms. The second-order valence-corrected chi connectivity index (χ2v) is 3.46. The van der Waals surface area contributed by atoms with Crippen LogP contribution in [0.3, 0.4) is 0 Å². The maximum Gasteiger partial charge on any atom is 0.162 e. The largest absolute Gasteiger partial charge is 0.399 e. The van der Waals surface area contributed by atoms with Crippen molar-refractivity contribution in [3.8, 4) is 5.82 Å². The number of nitrogens with two attached hydrogens (primary N) is 1. The molecule has 0 aliphatic heterocycles. The van der Waals surface area contributed by atoms with Crippen LogP contribution in [-0.4, -0.2) is 20.0 Å². The molecule has 0 fully saturated rings. The highest BCUT2D eigenvalue weighted by atomic mass is 15.4.